The van der Waals surface area contributed by atoms with Crippen LogP contribution in [0.2, 0.25) is 0 Å². The summed E-state index contributed by atoms with van der Waals surface area (Å²) < 4.78 is 19.3. The molecule has 0 bridgehead atoms. The van der Waals surface area contributed by atoms with Crippen LogP contribution in [0.5, 0.6) is 11.5 Å². The number of carbonyl (C=O) groups is 4. The SMILES string of the molecule is CCCCN(CCCCOC(=O)Cn1nc(C(=O)C(C)C)c2ccc(OC)cc21)C(=O)Cn1nc(C(=O)C(C)C)c2ccc(OC)cc21. The van der Waals surface area contributed by atoms with E-state index in [2.05, 4.69) is 17.1 Å². The van der Waals surface area contributed by atoms with Crippen LogP contribution in [0.4, 0.5) is 0 Å². The number of benzene rings is 2. The molecule has 258 valence electrons. The summed E-state index contributed by atoms with van der Waals surface area (Å²) in [5.41, 5.74) is 1.95. The lowest BCUT2D eigenvalue weighted by atomic mass is 10.0. The van der Waals surface area contributed by atoms with Gasteiger partial charge in [-0.3, -0.25) is 28.5 Å². The van der Waals surface area contributed by atoms with Crippen molar-refractivity contribution < 1.29 is 33.4 Å². The predicted octanol–water partition coefficient (Wildman–Crippen LogP) is 5.73. The molecule has 0 aliphatic carbocycles. The molecule has 0 saturated heterocycles. The molecule has 2 heterocycles. The van der Waals surface area contributed by atoms with Crippen molar-refractivity contribution in [3.05, 3.63) is 47.8 Å². The number of rotatable bonds is 18. The van der Waals surface area contributed by atoms with E-state index in [0.717, 1.165) is 12.8 Å². The smallest absolute Gasteiger partial charge is 0.327 e. The van der Waals surface area contributed by atoms with Crippen LogP contribution in [0.25, 0.3) is 21.8 Å². The third-order valence-electron chi connectivity index (χ3n) is 8.22. The highest BCUT2D eigenvalue weighted by Crippen LogP contribution is 2.27. The maximum absolute atomic E-state index is 13.6. The number of Topliss-reactive ketones (excluding diaryl/α,β-unsaturated/α-hetero) is 2. The Morgan fingerprint density at radius 2 is 1.23 bits per heavy atom. The second kappa shape index (κ2) is 16.4. The van der Waals surface area contributed by atoms with Crippen molar-refractivity contribution in [1.82, 2.24) is 24.5 Å². The maximum atomic E-state index is 13.6. The molecule has 0 radical (unpaired) electrons. The molecule has 4 rings (SSSR count). The number of fused-ring (bicyclic) bond motifs is 2. The molecule has 12 heteroatoms. The van der Waals surface area contributed by atoms with E-state index in [-0.39, 0.29) is 49.0 Å². The van der Waals surface area contributed by atoms with Crippen molar-refractivity contribution in [3.63, 3.8) is 0 Å². The molecule has 0 aliphatic heterocycles. The Hall–Kier alpha value is -4.74. The number of methoxy groups -OCH3 is 2. The van der Waals surface area contributed by atoms with E-state index in [1.54, 1.807) is 54.1 Å². The number of amides is 1. The number of carbonyl (C=O) groups excluding carboxylic acids is 4. The van der Waals surface area contributed by atoms with E-state index in [0.29, 0.717) is 70.6 Å². The van der Waals surface area contributed by atoms with Crippen LogP contribution in [0, 0.1) is 11.8 Å². The number of unbranched alkanes of at least 4 members (excludes halogenated alkanes) is 2. The number of ketones is 2. The van der Waals surface area contributed by atoms with Gasteiger partial charge in [0.2, 0.25) is 5.91 Å². The Balaban J connectivity index is 1.37. The van der Waals surface area contributed by atoms with Gasteiger partial charge in [-0.2, -0.15) is 10.2 Å². The molecule has 2 aromatic carbocycles. The first-order valence-electron chi connectivity index (χ1n) is 16.6. The lowest BCUT2D eigenvalue weighted by molar-refractivity contribution is -0.144. The standard InChI is InChI=1S/C36H47N5O7/c1-8-9-16-39(31(42)21-40-29-19-25(46-6)12-14-27(29)33(37-40)35(44)23(2)3)17-10-11-18-48-32(43)22-41-30-20-26(47-7)13-15-28(30)34(38-41)36(45)24(4)5/h12-15,19-20,23-24H,8-11,16-18,21-22H2,1-7H3. The van der Waals surface area contributed by atoms with Gasteiger partial charge in [-0.15, -0.1) is 0 Å². The molecular formula is C36H47N5O7. The van der Waals surface area contributed by atoms with E-state index in [4.69, 9.17) is 14.2 Å². The molecule has 1 amide bonds. The van der Waals surface area contributed by atoms with E-state index >= 15 is 0 Å². The molecule has 4 aromatic rings. The van der Waals surface area contributed by atoms with Crippen LogP contribution < -0.4 is 9.47 Å². The number of hydrogen-bond donors (Lipinski definition) is 0. The highest BCUT2D eigenvalue weighted by molar-refractivity contribution is 6.08. The molecule has 2 aromatic heterocycles. The molecule has 0 N–H and O–H groups in total. The third-order valence-corrected chi connectivity index (χ3v) is 8.22. The second-order valence-electron chi connectivity index (χ2n) is 12.5. The Labute approximate surface area is 281 Å². The van der Waals surface area contributed by atoms with E-state index in [1.807, 2.05) is 33.8 Å². The molecule has 0 atom stereocenters. The van der Waals surface area contributed by atoms with Crippen LogP contribution >= 0.6 is 0 Å². The number of nitrogens with zero attached hydrogens (tertiary/aromatic N) is 5. The van der Waals surface area contributed by atoms with Gasteiger partial charge < -0.3 is 19.1 Å². The number of esters is 1. The summed E-state index contributed by atoms with van der Waals surface area (Å²) in [5, 5.41) is 10.4. The zero-order chi connectivity index (χ0) is 35.0. The summed E-state index contributed by atoms with van der Waals surface area (Å²) in [6.07, 6.45) is 2.95. The van der Waals surface area contributed by atoms with Gasteiger partial charge in [0.1, 0.15) is 36.0 Å². The van der Waals surface area contributed by atoms with Crippen LogP contribution in [-0.2, 0) is 27.4 Å². The lowest BCUT2D eigenvalue weighted by Crippen LogP contribution is -2.36. The Kier molecular flexibility index (Phi) is 12.3. The molecule has 12 nitrogen and oxygen atoms in total. The summed E-state index contributed by atoms with van der Waals surface area (Å²) in [4.78, 5) is 53.9. The normalized spacial score (nSPS) is 11.4. The van der Waals surface area contributed by atoms with Gasteiger partial charge in [-0.05, 0) is 43.5 Å². The van der Waals surface area contributed by atoms with Crippen molar-refractivity contribution in [1.29, 1.82) is 0 Å². The molecule has 48 heavy (non-hydrogen) atoms. The van der Waals surface area contributed by atoms with Gasteiger partial charge in [-0.25, -0.2) is 0 Å². The Morgan fingerprint density at radius 1 is 0.729 bits per heavy atom. The molecule has 0 fully saturated rings. The average Bonchev–Trinajstić information content (AvgIpc) is 3.61. The zero-order valence-electron chi connectivity index (χ0n) is 29.1. The maximum Gasteiger partial charge on any atom is 0.327 e. The third kappa shape index (κ3) is 8.39. The Morgan fingerprint density at radius 3 is 1.71 bits per heavy atom. The molecular weight excluding hydrogens is 614 g/mol. The van der Waals surface area contributed by atoms with Gasteiger partial charge in [0.15, 0.2) is 11.6 Å². The fraction of sp³-hybridized carbons (Fsp3) is 0.500. The van der Waals surface area contributed by atoms with Gasteiger partial charge >= 0.3 is 5.97 Å². The first-order chi connectivity index (χ1) is 23.0. The monoisotopic (exact) mass is 661 g/mol. The fourth-order valence-corrected chi connectivity index (χ4v) is 5.41. The quantitative estimate of drug-likeness (QED) is 0.0744. The number of hydrogen-bond acceptors (Lipinski definition) is 9. The summed E-state index contributed by atoms with van der Waals surface area (Å²) in [6.45, 7) is 10.4. The highest BCUT2D eigenvalue weighted by atomic mass is 16.5. The summed E-state index contributed by atoms with van der Waals surface area (Å²) in [5.74, 6) is -0.0547. The number of ether oxygens (including phenoxy) is 3. The van der Waals surface area contributed by atoms with E-state index in [1.165, 1.54) is 4.68 Å². The molecule has 0 unspecified atom stereocenters. The molecule has 0 aliphatic rings. The minimum absolute atomic E-state index is 0.0162. The summed E-state index contributed by atoms with van der Waals surface area (Å²) in [6, 6.07) is 10.7. The average molecular weight is 662 g/mol. The van der Waals surface area contributed by atoms with Gasteiger partial charge in [0.25, 0.3) is 0 Å². The first kappa shape index (κ1) is 36.1. The summed E-state index contributed by atoms with van der Waals surface area (Å²) in [7, 11) is 3.12. The van der Waals surface area contributed by atoms with Crippen LogP contribution in [0.15, 0.2) is 36.4 Å². The van der Waals surface area contributed by atoms with Crippen LogP contribution in [0.1, 0.15) is 81.3 Å². The van der Waals surface area contributed by atoms with Crippen molar-refractivity contribution in [2.45, 2.75) is 73.4 Å². The van der Waals surface area contributed by atoms with E-state index in [9.17, 15) is 19.2 Å². The van der Waals surface area contributed by atoms with Crippen molar-refractivity contribution in [2.24, 2.45) is 11.8 Å². The zero-order valence-corrected chi connectivity index (χ0v) is 29.1. The molecule has 0 spiro atoms. The first-order valence-corrected chi connectivity index (χ1v) is 16.6. The minimum atomic E-state index is -0.475. The minimum Gasteiger partial charge on any atom is -0.497 e. The van der Waals surface area contributed by atoms with Gasteiger partial charge in [0, 0.05) is 47.8 Å². The highest BCUT2D eigenvalue weighted by Gasteiger charge is 2.24. The van der Waals surface area contributed by atoms with Crippen LogP contribution in [0.3, 0.4) is 0 Å². The van der Waals surface area contributed by atoms with Crippen molar-refractivity contribution in [2.75, 3.05) is 33.9 Å². The topological polar surface area (TPSA) is 135 Å². The Bertz CT molecular complexity index is 1770. The molecule has 0 saturated carbocycles. The number of aromatic nitrogens is 4. The van der Waals surface area contributed by atoms with Crippen molar-refractivity contribution >= 4 is 45.2 Å². The van der Waals surface area contributed by atoms with E-state index < -0.39 is 5.97 Å². The van der Waals surface area contributed by atoms with Gasteiger partial charge in [0.05, 0.1) is 31.9 Å². The van der Waals surface area contributed by atoms with Crippen molar-refractivity contribution in [3.8, 4) is 11.5 Å². The lowest BCUT2D eigenvalue weighted by Gasteiger charge is -2.23. The predicted molar refractivity (Wildman–Crippen MR) is 183 cm³/mol. The second-order valence-corrected chi connectivity index (χ2v) is 12.5. The largest absolute Gasteiger partial charge is 0.497 e. The van der Waals surface area contributed by atoms with Crippen LogP contribution in [-0.4, -0.2) is 81.8 Å². The fourth-order valence-electron chi connectivity index (χ4n) is 5.41. The summed E-state index contributed by atoms with van der Waals surface area (Å²) >= 11 is 0. The van der Waals surface area contributed by atoms with Gasteiger partial charge in [-0.1, -0.05) is 41.0 Å².